The number of benzene rings is 1. The predicted octanol–water partition coefficient (Wildman–Crippen LogP) is 4.31. The van der Waals surface area contributed by atoms with Gasteiger partial charge < -0.3 is 10.3 Å². The fourth-order valence-electron chi connectivity index (χ4n) is 2.93. The molecule has 0 aliphatic heterocycles. The molecule has 2 aromatic rings. The van der Waals surface area contributed by atoms with Gasteiger partial charge in [-0.1, -0.05) is 36.0 Å². The second-order valence-electron chi connectivity index (χ2n) is 5.60. The lowest BCUT2D eigenvalue weighted by atomic mass is 9.74. The second kappa shape index (κ2) is 6.07. The summed E-state index contributed by atoms with van der Waals surface area (Å²) < 4.78 is 6.35. The maximum absolute atomic E-state index is 6.01. The number of hydrogen-bond donors (Lipinski definition) is 1. The van der Waals surface area contributed by atoms with Crippen molar-refractivity contribution < 1.29 is 4.52 Å². The van der Waals surface area contributed by atoms with Crippen LogP contribution in [0.25, 0.3) is 11.4 Å². The second-order valence-corrected chi connectivity index (χ2v) is 6.86. The lowest BCUT2D eigenvalue weighted by Crippen LogP contribution is -2.37. The maximum Gasteiger partial charge on any atom is 0.234 e. The van der Waals surface area contributed by atoms with Crippen LogP contribution in [0.5, 0.6) is 0 Å². The van der Waals surface area contributed by atoms with Gasteiger partial charge in [-0.25, -0.2) is 0 Å². The normalized spacial score (nSPS) is 17.9. The van der Waals surface area contributed by atoms with Crippen molar-refractivity contribution in [1.82, 2.24) is 10.1 Å². The molecule has 0 radical (unpaired) electrons. The molecule has 4 nitrogen and oxygen atoms in total. The van der Waals surface area contributed by atoms with E-state index in [0.717, 1.165) is 22.9 Å². The summed E-state index contributed by atoms with van der Waals surface area (Å²) in [6.07, 6.45) is 5.64. The number of rotatable bonds is 3. The Bertz CT molecular complexity index is 638. The van der Waals surface area contributed by atoms with Gasteiger partial charge in [0.2, 0.25) is 11.7 Å². The zero-order chi connectivity index (χ0) is 14.9. The average molecular weight is 371 g/mol. The first-order valence-corrected chi connectivity index (χ1v) is 8.31. The minimum absolute atomic E-state index is 0.146. The SMILES string of the molecule is NCC1(c2nc(-c3ccc(Cl)c(Br)c3)no2)CCCCC1. The average Bonchev–Trinajstić information content (AvgIpc) is 3.01. The van der Waals surface area contributed by atoms with Gasteiger partial charge in [0, 0.05) is 16.6 Å². The first-order chi connectivity index (χ1) is 10.1. The van der Waals surface area contributed by atoms with Gasteiger partial charge in [-0.05, 0) is 47.0 Å². The summed E-state index contributed by atoms with van der Waals surface area (Å²) in [6, 6.07) is 5.60. The molecule has 0 unspecified atom stereocenters. The number of nitrogens with two attached hydrogens (primary N) is 1. The molecule has 0 bridgehead atoms. The Morgan fingerprint density at radius 3 is 2.71 bits per heavy atom. The lowest BCUT2D eigenvalue weighted by molar-refractivity contribution is 0.220. The van der Waals surface area contributed by atoms with Crippen LogP contribution in [-0.2, 0) is 5.41 Å². The molecule has 1 fully saturated rings. The van der Waals surface area contributed by atoms with Crippen LogP contribution in [0.1, 0.15) is 38.0 Å². The molecular formula is C15H17BrClN3O. The summed E-state index contributed by atoms with van der Waals surface area (Å²) in [7, 11) is 0. The van der Waals surface area contributed by atoms with Crippen LogP contribution in [0.4, 0.5) is 0 Å². The molecule has 112 valence electrons. The Balaban J connectivity index is 1.93. The van der Waals surface area contributed by atoms with Crippen LogP contribution in [-0.4, -0.2) is 16.7 Å². The third kappa shape index (κ3) is 2.87. The van der Waals surface area contributed by atoms with Crippen molar-refractivity contribution in [2.45, 2.75) is 37.5 Å². The van der Waals surface area contributed by atoms with Gasteiger partial charge in [-0.2, -0.15) is 4.98 Å². The third-order valence-electron chi connectivity index (χ3n) is 4.26. The van der Waals surface area contributed by atoms with Crippen molar-refractivity contribution in [1.29, 1.82) is 0 Å². The summed E-state index contributed by atoms with van der Waals surface area (Å²) in [5.41, 5.74) is 6.74. The van der Waals surface area contributed by atoms with Gasteiger partial charge >= 0.3 is 0 Å². The van der Waals surface area contributed by atoms with Crippen molar-refractivity contribution in [2.24, 2.45) is 5.73 Å². The quantitative estimate of drug-likeness (QED) is 0.874. The van der Waals surface area contributed by atoms with Crippen LogP contribution in [0.15, 0.2) is 27.2 Å². The Labute approximate surface area is 137 Å². The topological polar surface area (TPSA) is 64.9 Å². The van der Waals surface area contributed by atoms with Gasteiger partial charge in [-0.3, -0.25) is 0 Å². The molecule has 2 N–H and O–H groups in total. The van der Waals surface area contributed by atoms with Crippen molar-refractivity contribution in [3.05, 3.63) is 33.6 Å². The molecule has 1 aromatic heterocycles. The first kappa shape index (κ1) is 15.0. The van der Waals surface area contributed by atoms with E-state index in [1.54, 1.807) is 0 Å². The third-order valence-corrected chi connectivity index (χ3v) is 5.47. The molecule has 1 heterocycles. The molecule has 0 atom stereocenters. The van der Waals surface area contributed by atoms with Crippen LogP contribution >= 0.6 is 27.5 Å². The highest BCUT2D eigenvalue weighted by Gasteiger charge is 2.38. The van der Waals surface area contributed by atoms with Crippen LogP contribution in [0, 0.1) is 0 Å². The molecule has 0 amide bonds. The van der Waals surface area contributed by atoms with E-state index in [4.69, 9.17) is 21.9 Å². The smallest absolute Gasteiger partial charge is 0.234 e. The first-order valence-electron chi connectivity index (χ1n) is 7.14. The molecule has 21 heavy (non-hydrogen) atoms. The zero-order valence-electron chi connectivity index (χ0n) is 11.6. The Kier molecular flexibility index (Phi) is 4.33. The number of aromatic nitrogens is 2. The fourth-order valence-corrected chi connectivity index (χ4v) is 3.42. The molecule has 1 aliphatic rings. The summed E-state index contributed by atoms with van der Waals surface area (Å²) in [4.78, 5) is 4.60. The monoisotopic (exact) mass is 369 g/mol. The van der Waals surface area contributed by atoms with E-state index in [0.29, 0.717) is 23.3 Å². The molecule has 1 saturated carbocycles. The summed E-state index contributed by atoms with van der Waals surface area (Å²) in [5.74, 6) is 1.26. The molecular weight excluding hydrogens is 354 g/mol. The highest BCUT2D eigenvalue weighted by molar-refractivity contribution is 9.10. The van der Waals surface area contributed by atoms with E-state index in [1.807, 2.05) is 18.2 Å². The highest BCUT2D eigenvalue weighted by Crippen LogP contribution is 2.38. The molecule has 1 aromatic carbocycles. The number of hydrogen-bond acceptors (Lipinski definition) is 4. The Morgan fingerprint density at radius 2 is 2.05 bits per heavy atom. The minimum Gasteiger partial charge on any atom is -0.338 e. The van der Waals surface area contributed by atoms with Crippen molar-refractivity contribution in [2.75, 3.05) is 6.54 Å². The van der Waals surface area contributed by atoms with Crippen LogP contribution in [0.2, 0.25) is 5.02 Å². The Hall–Kier alpha value is -0.910. The summed E-state index contributed by atoms with van der Waals surface area (Å²) in [6.45, 7) is 0.555. The molecule has 0 spiro atoms. The molecule has 0 saturated heterocycles. The van der Waals surface area contributed by atoms with Gasteiger partial charge in [0.25, 0.3) is 0 Å². The van der Waals surface area contributed by atoms with Crippen molar-refractivity contribution in [3.63, 3.8) is 0 Å². The fraction of sp³-hybridized carbons (Fsp3) is 0.467. The zero-order valence-corrected chi connectivity index (χ0v) is 14.0. The van der Waals surface area contributed by atoms with E-state index < -0.39 is 0 Å². The summed E-state index contributed by atoms with van der Waals surface area (Å²) in [5, 5.41) is 4.78. The standard InChI is InChI=1S/C15H17BrClN3O/c16-11-8-10(4-5-12(11)17)13-19-14(21-20-13)15(9-18)6-2-1-3-7-15/h4-5,8H,1-3,6-7,9,18H2. The lowest BCUT2D eigenvalue weighted by Gasteiger charge is -2.32. The van der Waals surface area contributed by atoms with Crippen LogP contribution < -0.4 is 5.73 Å². The molecule has 6 heteroatoms. The maximum atomic E-state index is 6.01. The highest BCUT2D eigenvalue weighted by atomic mass is 79.9. The number of halogens is 2. The molecule has 1 aliphatic carbocycles. The van der Waals surface area contributed by atoms with Gasteiger partial charge in [0.1, 0.15) is 0 Å². The van der Waals surface area contributed by atoms with E-state index in [2.05, 4.69) is 26.1 Å². The van der Waals surface area contributed by atoms with Gasteiger partial charge in [0.15, 0.2) is 0 Å². The minimum atomic E-state index is -0.146. The van der Waals surface area contributed by atoms with E-state index in [1.165, 1.54) is 19.3 Å². The van der Waals surface area contributed by atoms with E-state index in [-0.39, 0.29) is 5.41 Å². The van der Waals surface area contributed by atoms with E-state index >= 15 is 0 Å². The van der Waals surface area contributed by atoms with Gasteiger partial charge in [-0.15, -0.1) is 0 Å². The molecule has 3 rings (SSSR count). The van der Waals surface area contributed by atoms with Crippen LogP contribution in [0.3, 0.4) is 0 Å². The van der Waals surface area contributed by atoms with Crippen molar-refractivity contribution in [3.8, 4) is 11.4 Å². The summed E-state index contributed by atoms with van der Waals surface area (Å²) >= 11 is 9.42. The largest absolute Gasteiger partial charge is 0.338 e. The number of nitrogens with zero attached hydrogens (tertiary/aromatic N) is 2. The van der Waals surface area contributed by atoms with Crippen molar-refractivity contribution >= 4 is 27.5 Å². The van der Waals surface area contributed by atoms with Gasteiger partial charge in [0.05, 0.1) is 10.4 Å². The predicted molar refractivity (Wildman–Crippen MR) is 86.3 cm³/mol. The van der Waals surface area contributed by atoms with E-state index in [9.17, 15) is 0 Å². The Morgan fingerprint density at radius 1 is 1.29 bits per heavy atom.